The Morgan fingerprint density at radius 2 is 2.11 bits per heavy atom. The zero-order valence-corrected chi connectivity index (χ0v) is 12.2. The maximum Gasteiger partial charge on any atom is 0.407 e. The smallest absolute Gasteiger partial charge is 0.407 e. The Hall–Kier alpha value is -1.46. The van der Waals surface area contributed by atoms with E-state index in [4.69, 9.17) is 4.74 Å². The highest BCUT2D eigenvalue weighted by atomic mass is 16.5. The number of hydrogen-bond acceptors (Lipinski definition) is 3. The summed E-state index contributed by atoms with van der Waals surface area (Å²) in [6.07, 6.45) is 3.05. The molecule has 3 N–H and O–H groups in total. The first-order valence-corrected chi connectivity index (χ1v) is 7.09. The number of hydrogen-bond donors (Lipinski definition) is 3. The zero-order chi connectivity index (χ0) is 14.1. The maximum atomic E-state index is 11.5. The van der Waals surface area contributed by atoms with Crippen molar-refractivity contribution < 1.29 is 9.53 Å². The monoisotopic (exact) mass is 270 g/mol. The van der Waals surface area contributed by atoms with Crippen molar-refractivity contribution in [3.63, 3.8) is 0 Å². The highest BCUT2D eigenvalue weighted by molar-refractivity contribution is 5.79. The predicted octanol–water partition coefficient (Wildman–Crippen LogP) is 1.09. The molecule has 0 aromatic heterocycles. The average Bonchev–Trinajstić information content (AvgIpc) is 3.22. The van der Waals surface area contributed by atoms with E-state index in [-0.39, 0.29) is 12.1 Å². The van der Waals surface area contributed by atoms with E-state index < -0.39 is 0 Å². The molecule has 1 saturated carbocycles. The molecule has 1 aliphatic rings. The van der Waals surface area contributed by atoms with Gasteiger partial charge in [0.05, 0.1) is 12.6 Å². The summed E-state index contributed by atoms with van der Waals surface area (Å²) in [6, 6.07) is 0.110. The number of carbonyl (C=O) groups is 1. The topological polar surface area (TPSA) is 74.8 Å². The first-order valence-electron chi connectivity index (χ1n) is 7.09. The normalized spacial score (nSPS) is 16.7. The third-order valence-corrected chi connectivity index (χ3v) is 3.03. The summed E-state index contributed by atoms with van der Waals surface area (Å²) in [7, 11) is 1.75. The highest BCUT2D eigenvalue weighted by Crippen LogP contribution is 2.32. The molecule has 1 atom stereocenters. The van der Waals surface area contributed by atoms with Gasteiger partial charge >= 0.3 is 6.09 Å². The lowest BCUT2D eigenvalue weighted by Crippen LogP contribution is -2.48. The fraction of sp³-hybridized carbons (Fsp3) is 0.846. The van der Waals surface area contributed by atoms with Gasteiger partial charge in [-0.15, -0.1) is 0 Å². The van der Waals surface area contributed by atoms with Gasteiger partial charge in [0.15, 0.2) is 5.96 Å². The van der Waals surface area contributed by atoms with Crippen molar-refractivity contribution >= 4 is 12.1 Å². The fourth-order valence-corrected chi connectivity index (χ4v) is 1.83. The van der Waals surface area contributed by atoms with Crippen LogP contribution in [0.25, 0.3) is 0 Å². The van der Waals surface area contributed by atoms with E-state index in [0.29, 0.717) is 19.1 Å². The van der Waals surface area contributed by atoms with E-state index in [0.717, 1.165) is 18.9 Å². The van der Waals surface area contributed by atoms with Gasteiger partial charge in [0.25, 0.3) is 0 Å². The van der Waals surface area contributed by atoms with Crippen LogP contribution in [0.2, 0.25) is 0 Å². The Balaban J connectivity index is 2.34. The molecule has 0 aliphatic heterocycles. The second-order valence-corrected chi connectivity index (χ2v) is 4.69. The molecule has 1 rings (SSSR count). The van der Waals surface area contributed by atoms with Crippen LogP contribution in [0.5, 0.6) is 0 Å². The van der Waals surface area contributed by atoms with Gasteiger partial charge in [-0.25, -0.2) is 4.79 Å². The van der Waals surface area contributed by atoms with Crippen LogP contribution in [0.1, 0.15) is 33.1 Å². The largest absolute Gasteiger partial charge is 0.450 e. The zero-order valence-electron chi connectivity index (χ0n) is 12.2. The minimum atomic E-state index is -0.335. The number of guanidine groups is 1. The van der Waals surface area contributed by atoms with Crippen molar-refractivity contribution in [3.8, 4) is 0 Å². The van der Waals surface area contributed by atoms with Gasteiger partial charge < -0.3 is 20.7 Å². The lowest BCUT2D eigenvalue weighted by atomic mass is 10.2. The minimum Gasteiger partial charge on any atom is -0.450 e. The van der Waals surface area contributed by atoms with Crippen LogP contribution in [-0.2, 0) is 4.74 Å². The first kappa shape index (κ1) is 15.6. The van der Waals surface area contributed by atoms with Crippen molar-refractivity contribution in [2.24, 2.45) is 10.9 Å². The lowest BCUT2D eigenvalue weighted by Gasteiger charge is -2.20. The van der Waals surface area contributed by atoms with E-state index in [9.17, 15) is 4.79 Å². The molecule has 1 amide bonds. The van der Waals surface area contributed by atoms with Crippen LogP contribution in [-0.4, -0.2) is 44.8 Å². The maximum absolute atomic E-state index is 11.5. The van der Waals surface area contributed by atoms with Gasteiger partial charge in [-0.1, -0.05) is 6.92 Å². The Morgan fingerprint density at radius 1 is 1.37 bits per heavy atom. The van der Waals surface area contributed by atoms with Crippen molar-refractivity contribution in [3.05, 3.63) is 0 Å². The molecule has 6 heteroatoms. The van der Waals surface area contributed by atoms with E-state index >= 15 is 0 Å². The molecule has 6 nitrogen and oxygen atoms in total. The van der Waals surface area contributed by atoms with Crippen LogP contribution >= 0.6 is 0 Å². The second-order valence-electron chi connectivity index (χ2n) is 4.69. The number of nitrogens with one attached hydrogen (secondary N) is 3. The van der Waals surface area contributed by atoms with Gasteiger partial charge in [0.2, 0.25) is 0 Å². The van der Waals surface area contributed by atoms with Gasteiger partial charge in [-0.2, -0.15) is 0 Å². The molecule has 0 bridgehead atoms. The molecule has 1 fully saturated rings. The third-order valence-electron chi connectivity index (χ3n) is 3.03. The molecule has 0 radical (unpaired) electrons. The van der Waals surface area contributed by atoms with Gasteiger partial charge in [0, 0.05) is 20.1 Å². The molecular formula is C13H26N4O2. The molecular weight excluding hydrogens is 244 g/mol. The van der Waals surface area contributed by atoms with E-state index in [1.807, 2.05) is 0 Å². The van der Waals surface area contributed by atoms with E-state index in [1.165, 1.54) is 12.8 Å². The summed E-state index contributed by atoms with van der Waals surface area (Å²) in [4.78, 5) is 15.6. The molecule has 0 aromatic carbocycles. The van der Waals surface area contributed by atoms with E-state index in [2.05, 4.69) is 27.9 Å². The summed E-state index contributed by atoms with van der Waals surface area (Å²) >= 11 is 0. The quantitative estimate of drug-likeness (QED) is 0.478. The lowest BCUT2D eigenvalue weighted by molar-refractivity contribution is 0.146. The van der Waals surface area contributed by atoms with Crippen LogP contribution < -0.4 is 16.0 Å². The number of alkyl carbamates (subject to hydrolysis) is 1. The van der Waals surface area contributed by atoms with Crippen LogP contribution in [0.3, 0.4) is 0 Å². The van der Waals surface area contributed by atoms with Crippen LogP contribution in [0.4, 0.5) is 4.79 Å². The predicted molar refractivity (Wildman–Crippen MR) is 76.3 cm³/mol. The summed E-state index contributed by atoms with van der Waals surface area (Å²) < 4.78 is 4.92. The molecule has 110 valence electrons. The number of ether oxygens (including phenoxy) is 1. The van der Waals surface area contributed by atoms with E-state index in [1.54, 1.807) is 14.0 Å². The fourth-order valence-electron chi connectivity index (χ4n) is 1.83. The standard InChI is InChI=1S/C13H26N4O2/c1-4-8-15-12(14-3)16-9-11(10-6-7-10)17-13(18)19-5-2/h10-11H,4-9H2,1-3H3,(H,17,18)(H2,14,15,16). The summed E-state index contributed by atoms with van der Waals surface area (Å²) in [5, 5.41) is 9.36. The average molecular weight is 270 g/mol. The summed E-state index contributed by atoms with van der Waals surface area (Å²) in [5.41, 5.74) is 0. The summed E-state index contributed by atoms with van der Waals surface area (Å²) in [6.45, 7) is 5.87. The molecule has 1 unspecified atom stereocenters. The number of rotatable bonds is 7. The first-order chi connectivity index (χ1) is 9.21. The molecule has 0 saturated heterocycles. The minimum absolute atomic E-state index is 0.110. The van der Waals surface area contributed by atoms with Gasteiger partial charge in [0.1, 0.15) is 0 Å². The van der Waals surface area contributed by atoms with Crippen molar-refractivity contribution in [1.82, 2.24) is 16.0 Å². The van der Waals surface area contributed by atoms with Crippen molar-refractivity contribution in [2.75, 3.05) is 26.7 Å². The number of amides is 1. The highest BCUT2D eigenvalue weighted by Gasteiger charge is 2.32. The second kappa shape index (κ2) is 8.61. The Morgan fingerprint density at radius 3 is 2.63 bits per heavy atom. The van der Waals surface area contributed by atoms with Gasteiger partial charge in [-0.05, 0) is 32.1 Å². The molecule has 0 spiro atoms. The molecule has 0 heterocycles. The van der Waals surface area contributed by atoms with Gasteiger partial charge in [-0.3, -0.25) is 4.99 Å². The number of aliphatic imine (C=N–C) groups is 1. The van der Waals surface area contributed by atoms with Crippen LogP contribution in [0.15, 0.2) is 4.99 Å². The Kier molecular flexibility index (Phi) is 7.07. The molecule has 19 heavy (non-hydrogen) atoms. The molecule has 0 aromatic rings. The van der Waals surface area contributed by atoms with Crippen molar-refractivity contribution in [2.45, 2.75) is 39.2 Å². The Bertz CT molecular complexity index is 303. The number of nitrogens with zero attached hydrogens (tertiary/aromatic N) is 1. The van der Waals surface area contributed by atoms with Crippen molar-refractivity contribution in [1.29, 1.82) is 0 Å². The third kappa shape index (κ3) is 6.31. The van der Waals surface area contributed by atoms with Crippen LogP contribution in [0, 0.1) is 5.92 Å². The SMILES string of the molecule is CCCNC(=NC)NCC(NC(=O)OCC)C1CC1. The number of carbonyl (C=O) groups excluding carboxylic acids is 1. The Labute approximate surface area is 115 Å². The molecule has 1 aliphatic carbocycles. The summed E-state index contributed by atoms with van der Waals surface area (Å²) in [5.74, 6) is 1.33.